The van der Waals surface area contributed by atoms with Crippen molar-refractivity contribution in [2.75, 3.05) is 5.75 Å². The number of nitrogens with one attached hydrogen (secondary N) is 1. The Morgan fingerprint density at radius 3 is 2.53 bits per heavy atom. The van der Waals surface area contributed by atoms with Crippen LogP contribution in [0.15, 0.2) is 0 Å². The van der Waals surface area contributed by atoms with Gasteiger partial charge in [-0.15, -0.1) is 0 Å². The molecule has 0 rings (SSSR count). The fraction of sp³-hybridized carbons (Fsp3) is 0.667. The molecule has 0 aromatic carbocycles. The van der Waals surface area contributed by atoms with Crippen LogP contribution in [0.1, 0.15) is 20.8 Å². The Balaban J connectivity index is 4.34. The fourth-order valence-corrected chi connectivity index (χ4v) is 3.25. The zero-order valence-corrected chi connectivity index (χ0v) is 11.5. The summed E-state index contributed by atoms with van der Waals surface area (Å²) >= 11 is 0. The Kier molecular flexibility index (Phi) is 6.94. The molecule has 17 heavy (non-hydrogen) atoms. The van der Waals surface area contributed by atoms with Crippen LogP contribution in [0.4, 0.5) is 4.79 Å². The van der Waals surface area contributed by atoms with Gasteiger partial charge in [-0.05, 0) is 0 Å². The van der Waals surface area contributed by atoms with Crippen LogP contribution in [0.3, 0.4) is 0 Å². The molecule has 0 saturated carbocycles. The van der Waals surface area contributed by atoms with Crippen molar-refractivity contribution in [1.82, 2.24) is 5.32 Å². The van der Waals surface area contributed by atoms with Crippen LogP contribution < -0.4 is 5.32 Å². The third-order valence-corrected chi connectivity index (χ3v) is 4.72. The number of hydrogen-bond acceptors (Lipinski definition) is 4. The van der Waals surface area contributed by atoms with Crippen LogP contribution in [0.2, 0.25) is 0 Å². The molecule has 1 unspecified atom stereocenters. The van der Waals surface area contributed by atoms with Crippen molar-refractivity contribution in [3.63, 3.8) is 0 Å². The van der Waals surface area contributed by atoms with Crippen LogP contribution in [-0.2, 0) is 4.79 Å². The van der Waals surface area contributed by atoms with E-state index in [1.807, 2.05) is 20.8 Å². The second-order valence-electron chi connectivity index (χ2n) is 4.13. The van der Waals surface area contributed by atoms with Crippen molar-refractivity contribution < 1.29 is 19.5 Å². The standard InChI is InChI=1S/C9H15N3O3S2/c1-9(2,3)17-16-5-6(12-8(14)15)7(13)4-11-10/h4,6,12H,5H2,1-3H3,(H,14,15). The lowest BCUT2D eigenvalue weighted by molar-refractivity contribution is -0.117. The third-order valence-electron chi connectivity index (χ3n) is 1.37. The van der Waals surface area contributed by atoms with Crippen molar-refractivity contribution in [3.05, 3.63) is 5.53 Å². The number of hydrogen-bond donors (Lipinski definition) is 2. The van der Waals surface area contributed by atoms with E-state index in [1.165, 1.54) is 10.8 Å². The summed E-state index contributed by atoms with van der Waals surface area (Å²) in [5.41, 5.74) is 8.24. The topological polar surface area (TPSA) is 103 Å². The smallest absolute Gasteiger partial charge is 0.405 e. The molecule has 0 aliphatic carbocycles. The molecule has 6 nitrogen and oxygen atoms in total. The second-order valence-corrected chi connectivity index (χ2v) is 7.30. The number of rotatable bonds is 6. The molecule has 1 amide bonds. The van der Waals surface area contributed by atoms with Crippen LogP contribution >= 0.6 is 21.6 Å². The highest BCUT2D eigenvalue weighted by atomic mass is 33.1. The maximum absolute atomic E-state index is 11.4. The zero-order valence-electron chi connectivity index (χ0n) is 9.84. The molecule has 8 heteroatoms. The summed E-state index contributed by atoms with van der Waals surface area (Å²) in [5.74, 6) is -0.295. The van der Waals surface area contributed by atoms with Crippen molar-refractivity contribution >= 4 is 39.7 Å². The second kappa shape index (κ2) is 7.37. The molecule has 0 spiro atoms. The molecule has 0 radical (unpaired) electrons. The SMILES string of the molecule is CC(C)(C)SSCC(NC(=O)O)C(=O)C=[N+]=[N-]. The first-order chi connectivity index (χ1) is 7.76. The molecule has 0 fully saturated rings. The minimum atomic E-state index is -1.28. The van der Waals surface area contributed by atoms with Gasteiger partial charge in [-0.25, -0.2) is 4.79 Å². The van der Waals surface area contributed by atoms with Gasteiger partial charge in [0.05, 0.1) is 0 Å². The van der Waals surface area contributed by atoms with Crippen LogP contribution in [-0.4, -0.2) is 44.5 Å². The minimum absolute atomic E-state index is 0.0204. The van der Waals surface area contributed by atoms with Gasteiger partial charge in [-0.1, -0.05) is 42.4 Å². The number of amides is 1. The maximum Gasteiger partial charge on any atom is 0.405 e. The summed E-state index contributed by atoms with van der Waals surface area (Å²) in [4.78, 5) is 24.5. The van der Waals surface area contributed by atoms with Gasteiger partial charge in [0.15, 0.2) is 0 Å². The van der Waals surface area contributed by atoms with E-state index in [2.05, 4.69) is 10.1 Å². The average Bonchev–Trinajstić information content (AvgIpc) is 2.14. The molecule has 0 aliphatic rings. The third kappa shape index (κ3) is 8.79. The maximum atomic E-state index is 11.4. The van der Waals surface area contributed by atoms with Crippen LogP contribution in [0.25, 0.3) is 5.53 Å². The molecule has 0 heterocycles. The molecule has 0 aliphatic heterocycles. The molecule has 0 aromatic rings. The Bertz CT molecular complexity index is 335. The van der Waals surface area contributed by atoms with E-state index in [0.29, 0.717) is 6.21 Å². The Morgan fingerprint density at radius 2 is 2.12 bits per heavy atom. The highest BCUT2D eigenvalue weighted by Crippen LogP contribution is 2.35. The molecule has 96 valence electrons. The number of nitrogens with zero attached hydrogens (tertiary/aromatic N) is 2. The van der Waals surface area contributed by atoms with E-state index in [-0.39, 0.29) is 10.5 Å². The molecule has 1 atom stereocenters. The van der Waals surface area contributed by atoms with Crippen LogP contribution in [0, 0.1) is 0 Å². The van der Waals surface area contributed by atoms with Gasteiger partial charge >= 0.3 is 12.3 Å². The number of carboxylic acid groups (broad SMARTS) is 1. The zero-order chi connectivity index (χ0) is 13.5. The normalized spacial score (nSPS) is 12.4. The van der Waals surface area contributed by atoms with E-state index in [0.717, 1.165) is 0 Å². The monoisotopic (exact) mass is 277 g/mol. The van der Waals surface area contributed by atoms with Gasteiger partial charge in [0.25, 0.3) is 5.78 Å². The first kappa shape index (κ1) is 16.0. The first-order valence-electron chi connectivity index (χ1n) is 4.77. The van der Waals surface area contributed by atoms with Gasteiger partial charge < -0.3 is 16.0 Å². The van der Waals surface area contributed by atoms with Crippen molar-refractivity contribution in [2.45, 2.75) is 31.6 Å². The summed E-state index contributed by atoms with van der Waals surface area (Å²) in [7, 11) is 2.94. The number of carbonyl (C=O) groups is 2. The van der Waals surface area contributed by atoms with E-state index in [9.17, 15) is 9.59 Å². The Hall–Kier alpha value is -0.980. The van der Waals surface area contributed by atoms with Gasteiger partial charge in [0.1, 0.15) is 6.04 Å². The van der Waals surface area contributed by atoms with E-state index >= 15 is 0 Å². The minimum Gasteiger partial charge on any atom is -0.465 e. The number of carbonyl (C=O) groups excluding carboxylic acids is 1. The van der Waals surface area contributed by atoms with E-state index in [1.54, 1.807) is 10.8 Å². The lowest BCUT2D eigenvalue weighted by atomic mass is 10.2. The van der Waals surface area contributed by atoms with Gasteiger partial charge in [0, 0.05) is 10.5 Å². The fourth-order valence-electron chi connectivity index (χ4n) is 0.770. The largest absolute Gasteiger partial charge is 0.465 e. The molecule has 0 saturated heterocycles. The molecule has 0 aromatic heterocycles. The van der Waals surface area contributed by atoms with Crippen molar-refractivity contribution in [2.24, 2.45) is 0 Å². The first-order valence-corrected chi connectivity index (χ1v) is 7.09. The molecular weight excluding hydrogens is 262 g/mol. The van der Waals surface area contributed by atoms with E-state index < -0.39 is 17.9 Å². The molecule has 0 bridgehead atoms. The van der Waals surface area contributed by atoms with Crippen molar-refractivity contribution in [3.8, 4) is 0 Å². The quantitative estimate of drug-likeness (QED) is 0.333. The molecule has 2 N–H and O–H groups in total. The predicted molar refractivity (Wildman–Crippen MR) is 69.4 cm³/mol. The average molecular weight is 277 g/mol. The lowest BCUT2D eigenvalue weighted by Gasteiger charge is -2.18. The van der Waals surface area contributed by atoms with Gasteiger partial charge in [-0.3, -0.25) is 4.79 Å². The molecular formula is C9H15N3O3S2. The summed E-state index contributed by atoms with van der Waals surface area (Å²) in [5, 5.41) is 10.7. The summed E-state index contributed by atoms with van der Waals surface area (Å²) in [6.07, 6.45) is -0.584. The van der Waals surface area contributed by atoms with Gasteiger partial charge in [0.2, 0.25) is 0 Å². The van der Waals surface area contributed by atoms with Crippen molar-refractivity contribution in [1.29, 1.82) is 0 Å². The summed E-state index contributed by atoms with van der Waals surface area (Å²) in [6, 6.07) is -0.900. The van der Waals surface area contributed by atoms with Crippen LogP contribution in [0.5, 0.6) is 0 Å². The lowest BCUT2D eigenvalue weighted by Crippen LogP contribution is -2.42. The van der Waals surface area contributed by atoms with Gasteiger partial charge in [-0.2, -0.15) is 4.79 Å². The summed E-state index contributed by atoms with van der Waals surface area (Å²) < 4.78 is 0.0204. The number of Topliss-reactive ketones (excluding diaryl/α,β-unsaturated/α-hetero) is 1. The number of ketones is 1. The predicted octanol–water partition coefficient (Wildman–Crippen LogP) is 1.67. The summed E-state index contributed by atoms with van der Waals surface area (Å²) in [6.45, 7) is 6.05. The van der Waals surface area contributed by atoms with E-state index in [4.69, 9.17) is 10.6 Å². The Morgan fingerprint density at radius 1 is 1.53 bits per heavy atom. The highest BCUT2D eigenvalue weighted by molar-refractivity contribution is 8.77. The Labute approximate surface area is 108 Å². The highest BCUT2D eigenvalue weighted by Gasteiger charge is 2.23.